The van der Waals surface area contributed by atoms with Gasteiger partial charge in [0.1, 0.15) is 11.6 Å². The number of fused-ring (bicyclic) bond motifs is 1. The van der Waals surface area contributed by atoms with Gasteiger partial charge >= 0.3 is 0 Å². The second-order valence-electron chi connectivity index (χ2n) is 5.38. The summed E-state index contributed by atoms with van der Waals surface area (Å²) in [5, 5.41) is 0.637. The highest BCUT2D eigenvalue weighted by atomic mass is 32.2. The number of rotatable bonds is 4. The molecule has 0 aliphatic carbocycles. The molecule has 23 heavy (non-hydrogen) atoms. The number of aromatic amines is 1. The van der Waals surface area contributed by atoms with Crippen LogP contribution >= 0.6 is 11.8 Å². The number of nitrogens with one attached hydrogen (secondary N) is 1. The first-order chi connectivity index (χ1) is 11.1. The fraction of sp³-hybridized carbons (Fsp3) is 0.375. The van der Waals surface area contributed by atoms with E-state index >= 15 is 0 Å². The Morgan fingerprint density at radius 3 is 3.04 bits per heavy atom. The van der Waals surface area contributed by atoms with E-state index in [-0.39, 0.29) is 11.4 Å². The van der Waals surface area contributed by atoms with Gasteiger partial charge in [-0.1, -0.05) is 17.8 Å². The van der Waals surface area contributed by atoms with Gasteiger partial charge in [-0.15, -0.1) is 0 Å². The number of aromatic nitrogens is 2. The molecule has 1 aliphatic heterocycles. The predicted octanol–water partition coefficient (Wildman–Crippen LogP) is 2.20. The number of methoxy groups -OCH3 is 1. The summed E-state index contributed by atoms with van der Waals surface area (Å²) in [6.07, 6.45) is 2.56. The minimum atomic E-state index is -0.292. The second kappa shape index (κ2) is 6.72. The van der Waals surface area contributed by atoms with E-state index in [1.807, 2.05) is 11.2 Å². The summed E-state index contributed by atoms with van der Waals surface area (Å²) < 4.78 is 19.3. The van der Waals surface area contributed by atoms with Crippen molar-refractivity contribution in [3.05, 3.63) is 51.2 Å². The average molecular weight is 335 g/mol. The summed E-state index contributed by atoms with van der Waals surface area (Å²) >= 11 is 1.42. The SMILES string of the molecule is COc1cccc(F)c1CN1CCc2nc(SC)[nH]c(=O)c2C1. The molecule has 3 rings (SSSR count). The molecule has 0 radical (unpaired) electrons. The van der Waals surface area contributed by atoms with Crippen molar-refractivity contribution in [1.82, 2.24) is 14.9 Å². The molecule has 0 bridgehead atoms. The summed E-state index contributed by atoms with van der Waals surface area (Å²) in [5.41, 5.74) is 1.92. The topological polar surface area (TPSA) is 58.2 Å². The van der Waals surface area contributed by atoms with Gasteiger partial charge in [0.05, 0.1) is 18.4 Å². The van der Waals surface area contributed by atoms with E-state index in [1.54, 1.807) is 12.1 Å². The van der Waals surface area contributed by atoms with Crippen molar-refractivity contribution in [2.24, 2.45) is 0 Å². The zero-order valence-corrected chi connectivity index (χ0v) is 13.9. The van der Waals surface area contributed by atoms with Gasteiger partial charge < -0.3 is 9.72 Å². The van der Waals surface area contributed by atoms with Crippen LogP contribution in [-0.2, 0) is 19.5 Å². The average Bonchev–Trinajstić information content (AvgIpc) is 2.57. The molecule has 0 amide bonds. The van der Waals surface area contributed by atoms with Gasteiger partial charge in [-0.3, -0.25) is 9.69 Å². The largest absolute Gasteiger partial charge is 0.496 e. The Morgan fingerprint density at radius 1 is 1.48 bits per heavy atom. The van der Waals surface area contributed by atoms with Crippen LogP contribution < -0.4 is 10.3 Å². The van der Waals surface area contributed by atoms with Crippen LogP contribution in [0.4, 0.5) is 4.39 Å². The molecule has 0 atom stereocenters. The highest BCUT2D eigenvalue weighted by Crippen LogP contribution is 2.25. The number of halogens is 1. The van der Waals surface area contributed by atoms with Crippen LogP contribution in [0, 0.1) is 5.82 Å². The van der Waals surface area contributed by atoms with Gasteiger partial charge in [-0.05, 0) is 18.4 Å². The van der Waals surface area contributed by atoms with E-state index in [0.29, 0.717) is 41.5 Å². The molecule has 0 fully saturated rings. The number of ether oxygens (including phenoxy) is 1. The summed E-state index contributed by atoms with van der Waals surface area (Å²) in [5.74, 6) is 0.237. The number of H-pyrrole nitrogens is 1. The summed E-state index contributed by atoms with van der Waals surface area (Å²) in [4.78, 5) is 21.5. The maximum absolute atomic E-state index is 14.1. The lowest BCUT2D eigenvalue weighted by Gasteiger charge is -2.28. The highest BCUT2D eigenvalue weighted by molar-refractivity contribution is 7.98. The molecule has 5 nitrogen and oxygen atoms in total. The van der Waals surface area contributed by atoms with Crippen molar-refractivity contribution in [1.29, 1.82) is 0 Å². The summed E-state index contributed by atoms with van der Waals surface area (Å²) in [7, 11) is 1.53. The zero-order valence-electron chi connectivity index (χ0n) is 13.1. The third-order valence-electron chi connectivity index (χ3n) is 4.00. The van der Waals surface area contributed by atoms with Gasteiger partial charge in [0.15, 0.2) is 5.16 Å². The Balaban J connectivity index is 1.85. The van der Waals surface area contributed by atoms with Crippen molar-refractivity contribution in [3.63, 3.8) is 0 Å². The van der Waals surface area contributed by atoms with Crippen LogP contribution in [0.2, 0.25) is 0 Å². The van der Waals surface area contributed by atoms with Gasteiger partial charge in [0.2, 0.25) is 0 Å². The van der Waals surface area contributed by atoms with E-state index in [9.17, 15) is 9.18 Å². The van der Waals surface area contributed by atoms with Crippen LogP contribution in [0.3, 0.4) is 0 Å². The van der Waals surface area contributed by atoms with Crippen molar-refractivity contribution >= 4 is 11.8 Å². The maximum Gasteiger partial charge on any atom is 0.256 e. The molecule has 0 spiro atoms. The number of hydrogen-bond donors (Lipinski definition) is 1. The van der Waals surface area contributed by atoms with E-state index in [0.717, 1.165) is 12.2 Å². The Kier molecular flexibility index (Phi) is 4.68. The quantitative estimate of drug-likeness (QED) is 0.686. The van der Waals surface area contributed by atoms with E-state index in [2.05, 4.69) is 9.97 Å². The molecular formula is C16H18FN3O2S. The van der Waals surface area contributed by atoms with Crippen molar-refractivity contribution in [2.45, 2.75) is 24.7 Å². The van der Waals surface area contributed by atoms with Crippen LogP contribution in [0.15, 0.2) is 28.2 Å². The molecule has 1 aromatic carbocycles. The minimum absolute atomic E-state index is 0.107. The fourth-order valence-corrected chi connectivity index (χ4v) is 3.19. The van der Waals surface area contributed by atoms with Gasteiger partial charge in [0.25, 0.3) is 5.56 Å². The van der Waals surface area contributed by atoms with E-state index in [4.69, 9.17) is 4.74 Å². The van der Waals surface area contributed by atoms with E-state index in [1.165, 1.54) is 24.9 Å². The molecule has 0 unspecified atom stereocenters. The monoisotopic (exact) mass is 335 g/mol. The summed E-state index contributed by atoms with van der Waals surface area (Å²) in [6, 6.07) is 4.80. The first-order valence-electron chi connectivity index (χ1n) is 7.32. The lowest BCUT2D eigenvalue weighted by atomic mass is 10.1. The smallest absolute Gasteiger partial charge is 0.256 e. The van der Waals surface area contributed by atoms with Crippen molar-refractivity contribution in [2.75, 3.05) is 19.9 Å². The maximum atomic E-state index is 14.1. The van der Waals surface area contributed by atoms with E-state index < -0.39 is 0 Å². The van der Waals surface area contributed by atoms with Crippen LogP contribution in [0.25, 0.3) is 0 Å². The Labute approximate surface area is 137 Å². The lowest BCUT2D eigenvalue weighted by molar-refractivity contribution is 0.233. The molecule has 1 aliphatic rings. The number of nitrogens with zero attached hydrogens (tertiary/aromatic N) is 2. The third kappa shape index (κ3) is 3.25. The lowest BCUT2D eigenvalue weighted by Crippen LogP contribution is -2.35. The van der Waals surface area contributed by atoms with Gasteiger partial charge in [-0.25, -0.2) is 9.37 Å². The minimum Gasteiger partial charge on any atom is -0.496 e. The Morgan fingerprint density at radius 2 is 2.30 bits per heavy atom. The van der Waals surface area contributed by atoms with Gasteiger partial charge in [0, 0.05) is 31.6 Å². The third-order valence-corrected chi connectivity index (χ3v) is 4.58. The number of thioether (sulfide) groups is 1. The molecule has 122 valence electrons. The van der Waals surface area contributed by atoms with Crippen molar-refractivity contribution in [3.8, 4) is 5.75 Å². The Hall–Kier alpha value is -1.86. The fourth-order valence-electron chi connectivity index (χ4n) is 2.80. The van der Waals surface area contributed by atoms with Crippen LogP contribution in [-0.4, -0.2) is 34.8 Å². The second-order valence-corrected chi connectivity index (χ2v) is 6.18. The predicted molar refractivity (Wildman–Crippen MR) is 87.4 cm³/mol. The zero-order chi connectivity index (χ0) is 16.4. The van der Waals surface area contributed by atoms with Crippen molar-refractivity contribution < 1.29 is 9.13 Å². The van der Waals surface area contributed by atoms with Gasteiger partial charge in [-0.2, -0.15) is 0 Å². The summed E-state index contributed by atoms with van der Waals surface area (Å²) in [6.45, 7) is 1.59. The first kappa shape index (κ1) is 16.0. The molecule has 2 aromatic rings. The molecule has 7 heteroatoms. The first-order valence-corrected chi connectivity index (χ1v) is 8.54. The van der Waals surface area contributed by atoms with Crippen LogP contribution in [0.1, 0.15) is 16.8 Å². The number of hydrogen-bond acceptors (Lipinski definition) is 5. The molecule has 1 aromatic heterocycles. The standard InChI is InChI=1S/C16H18FN3O2S/c1-22-14-5-3-4-12(17)10(14)8-20-7-6-13-11(9-20)15(21)19-16(18-13)23-2/h3-5H,6-9H2,1-2H3,(H,18,19,21). The van der Waals surface area contributed by atoms with Crippen LogP contribution in [0.5, 0.6) is 5.75 Å². The molecule has 0 saturated heterocycles. The molecular weight excluding hydrogens is 317 g/mol. The molecule has 1 N–H and O–H groups in total. The normalized spacial score (nSPS) is 14.6. The molecule has 0 saturated carbocycles. The highest BCUT2D eigenvalue weighted by Gasteiger charge is 2.23. The molecule has 2 heterocycles. The Bertz CT molecular complexity index is 778. The number of benzene rings is 1.